The number of nitriles is 1. The van der Waals surface area contributed by atoms with Gasteiger partial charge in [-0.05, 0) is 45.2 Å². The van der Waals surface area contributed by atoms with Crippen LogP contribution in [-0.4, -0.2) is 20.3 Å². The predicted molar refractivity (Wildman–Crippen MR) is 84.8 cm³/mol. The van der Waals surface area contributed by atoms with Gasteiger partial charge in [-0.1, -0.05) is 12.1 Å². The van der Waals surface area contributed by atoms with Crippen molar-refractivity contribution in [3.63, 3.8) is 0 Å². The summed E-state index contributed by atoms with van der Waals surface area (Å²) >= 11 is 0. The fourth-order valence-corrected chi connectivity index (χ4v) is 3.77. The molecule has 6 heteroatoms. The van der Waals surface area contributed by atoms with Crippen LogP contribution in [0.3, 0.4) is 0 Å². The maximum atomic E-state index is 12.1. The molecule has 0 aliphatic heterocycles. The molecule has 5 nitrogen and oxygen atoms in total. The van der Waals surface area contributed by atoms with Gasteiger partial charge in [0.2, 0.25) is 10.0 Å². The molecule has 120 valence electrons. The highest BCUT2D eigenvalue weighted by Crippen LogP contribution is 2.45. The lowest BCUT2D eigenvalue weighted by Gasteiger charge is -2.16. The normalized spacial score (nSPS) is 16.3. The lowest BCUT2D eigenvalue weighted by atomic mass is 10.1. The van der Waals surface area contributed by atoms with Crippen LogP contribution in [0.1, 0.15) is 37.8 Å². The Hall–Kier alpha value is -1.58. The van der Waals surface area contributed by atoms with Crippen LogP contribution >= 0.6 is 0 Å². The molecular weight excluding hydrogens is 300 g/mol. The zero-order chi connectivity index (χ0) is 16.4. The summed E-state index contributed by atoms with van der Waals surface area (Å²) in [5, 5.41) is 9.02. The van der Waals surface area contributed by atoms with Crippen LogP contribution in [0.5, 0.6) is 5.75 Å². The molecule has 0 atom stereocenters. The molecule has 1 saturated carbocycles. The van der Waals surface area contributed by atoms with Crippen molar-refractivity contribution in [2.75, 3.05) is 5.75 Å². The number of nitrogens with one attached hydrogen (secondary N) is 1. The minimum Gasteiger partial charge on any atom is -0.491 e. The van der Waals surface area contributed by atoms with Crippen molar-refractivity contribution in [2.45, 2.75) is 46.3 Å². The molecule has 0 spiro atoms. The molecule has 0 heterocycles. The van der Waals surface area contributed by atoms with Crippen molar-refractivity contribution in [1.29, 1.82) is 5.26 Å². The summed E-state index contributed by atoms with van der Waals surface area (Å²) in [7, 11) is -3.47. The number of benzene rings is 1. The minimum absolute atomic E-state index is 0.0190. The Morgan fingerprint density at radius 3 is 2.64 bits per heavy atom. The van der Waals surface area contributed by atoms with Gasteiger partial charge in [0.15, 0.2) is 0 Å². The van der Waals surface area contributed by atoms with Gasteiger partial charge in [0.25, 0.3) is 0 Å². The van der Waals surface area contributed by atoms with Crippen LogP contribution in [0.25, 0.3) is 0 Å². The molecule has 0 aromatic heterocycles. The minimum atomic E-state index is -3.47. The first-order valence-electron chi connectivity index (χ1n) is 7.40. The number of hydrogen-bond acceptors (Lipinski definition) is 4. The highest BCUT2D eigenvalue weighted by atomic mass is 32.2. The second-order valence-corrected chi connectivity index (χ2v) is 8.06. The number of sulfonamides is 1. The van der Waals surface area contributed by atoms with Gasteiger partial charge in [0.1, 0.15) is 5.75 Å². The van der Waals surface area contributed by atoms with Crippen molar-refractivity contribution >= 4 is 10.0 Å². The number of nitrogens with zero attached hydrogens (tertiary/aromatic N) is 1. The number of hydrogen-bond donors (Lipinski definition) is 1. The van der Waals surface area contributed by atoms with E-state index in [2.05, 4.69) is 10.8 Å². The lowest BCUT2D eigenvalue weighted by molar-refractivity contribution is 0.239. The van der Waals surface area contributed by atoms with E-state index in [0.717, 1.165) is 11.1 Å². The predicted octanol–water partition coefficient (Wildman–Crippen LogP) is 2.51. The summed E-state index contributed by atoms with van der Waals surface area (Å²) in [5.74, 6) is 0.571. The molecule has 0 amide bonds. The fraction of sp³-hybridized carbons (Fsp3) is 0.562. The number of ether oxygens (including phenoxy) is 1. The maximum Gasteiger partial charge on any atom is 0.213 e. The van der Waals surface area contributed by atoms with E-state index in [1.165, 1.54) is 0 Å². The van der Waals surface area contributed by atoms with Gasteiger partial charge in [0.05, 0.1) is 23.3 Å². The summed E-state index contributed by atoms with van der Waals surface area (Å²) in [6, 6.07) is 7.80. The second-order valence-electron chi connectivity index (χ2n) is 6.25. The maximum absolute atomic E-state index is 12.1. The monoisotopic (exact) mass is 322 g/mol. The molecule has 0 unspecified atom stereocenters. The third-order valence-corrected chi connectivity index (χ3v) is 5.14. The summed E-state index contributed by atoms with van der Waals surface area (Å²) in [6.45, 7) is 6.00. The van der Waals surface area contributed by atoms with Crippen molar-refractivity contribution in [3.05, 3.63) is 29.3 Å². The van der Waals surface area contributed by atoms with E-state index in [1.54, 1.807) is 0 Å². The molecule has 1 N–H and O–H groups in total. The highest BCUT2D eigenvalue weighted by molar-refractivity contribution is 7.89. The summed E-state index contributed by atoms with van der Waals surface area (Å²) < 4.78 is 32.6. The van der Waals surface area contributed by atoms with Crippen LogP contribution in [-0.2, 0) is 16.6 Å². The first-order valence-corrected chi connectivity index (χ1v) is 9.05. The number of rotatable bonds is 7. The Bertz CT molecular complexity index is 686. The van der Waals surface area contributed by atoms with Gasteiger partial charge in [-0.15, -0.1) is 0 Å². The Labute approximate surface area is 132 Å². The van der Waals surface area contributed by atoms with E-state index in [-0.39, 0.29) is 18.4 Å². The van der Waals surface area contributed by atoms with Crippen molar-refractivity contribution in [2.24, 2.45) is 5.41 Å². The van der Waals surface area contributed by atoms with Gasteiger partial charge in [-0.25, -0.2) is 13.1 Å². The van der Waals surface area contributed by atoms with Crippen LogP contribution < -0.4 is 9.46 Å². The standard InChI is InChI=1S/C16H22N2O3S/c1-12(2)21-15-8-13(3)4-5-14(15)9-18-22(19,20)11-16(10-17)6-7-16/h4-5,8,12,18H,6-7,9,11H2,1-3H3. The zero-order valence-corrected chi connectivity index (χ0v) is 14.0. The largest absolute Gasteiger partial charge is 0.491 e. The van der Waals surface area contributed by atoms with Gasteiger partial charge in [0, 0.05) is 12.1 Å². The average Bonchev–Trinajstić information content (AvgIpc) is 3.16. The van der Waals surface area contributed by atoms with Gasteiger partial charge in [-0.3, -0.25) is 0 Å². The molecule has 1 aliphatic carbocycles. The zero-order valence-electron chi connectivity index (χ0n) is 13.2. The van der Waals surface area contributed by atoms with E-state index < -0.39 is 15.4 Å². The average molecular weight is 322 g/mol. The van der Waals surface area contributed by atoms with Crippen molar-refractivity contribution in [3.8, 4) is 11.8 Å². The molecule has 1 aromatic rings. The third-order valence-electron chi connectivity index (χ3n) is 3.62. The smallest absolute Gasteiger partial charge is 0.213 e. The quantitative estimate of drug-likeness (QED) is 0.836. The van der Waals surface area contributed by atoms with Crippen LogP contribution in [0.15, 0.2) is 18.2 Å². The first kappa shape index (κ1) is 16.8. The molecule has 2 rings (SSSR count). The van der Waals surface area contributed by atoms with Crippen LogP contribution in [0.2, 0.25) is 0 Å². The molecular formula is C16H22N2O3S. The lowest BCUT2D eigenvalue weighted by Crippen LogP contribution is -2.30. The summed E-state index contributed by atoms with van der Waals surface area (Å²) in [6.07, 6.45) is 1.35. The highest BCUT2D eigenvalue weighted by Gasteiger charge is 2.46. The van der Waals surface area contributed by atoms with E-state index in [0.29, 0.717) is 18.6 Å². The van der Waals surface area contributed by atoms with Gasteiger partial charge < -0.3 is 4.74 Å². The molecule has 0 saturated heterocycles. The first-order chi connectivity index (χ1) is 10.3. The Morgan fingerprint density at radius 1 is 1.41 bits per heavy atom. The van der Waals surface area contributed by atoms with Crippen LogP contribution in [0.4, 0.5) is 0 Å². The molecule has 0 bridgehead atoms. The molecule has 1 aromatic carbocycles. The summed E-state index contributed by atoms with van der Waals surface area (Å²) in [5.41, 5.74) is 1.18. The Kier molecular flexibility index (Phi) is 4.78. The SMILES string of the molecule is Cc1ccc(CNS(=O)(=O)CC2(C#N)CC2)c(OC(C)C)c1. The Morgan fingerprint density at radius 2 is 2.09 bits per heavy atom. The van der Waals surface area contributed by atoms with Gasteiger partial charge >= 0.3 is 0 Å². The van der Waals surface area contributed by atoms with Gasteiger partial charge in [-0.2, -0.15) is 5.26 Å². The Balaban J connectivity index is 2.06. The van der Waals surface area contributed by atoms with Crippen molar-refractivity contribution < 1.29 is 13.2 Å². The second kappa shape index (κ2) is 6.27. The third kappa shape index (κ3) is 4.46. The van der Waals surface area contributed by atoms with E-state index in [9.17, 15) is 8.42 Å². The van der Waals surface area contributed by atoms with E-state index >= 15 is 0 Å². The van der Waals surface area contributed by atoms with Crippen LogP contribution in [0, 0.1) is 23.7 Å². The van der Waals surface area contributed by atoms with E-state index in [4.69, 9.17) is 10.00 Å². The topological polar surface area (TPSA) is 79.2 Å². The molecule has 1 aliphatic rings. The van der Waals surface area contributed by atoms with Crippen molar-refractivity contribution in [1.82, 2.24) is 4.72 Å². The van der Waals surface area contributed by atoms with E-state index in [1.807, 2.05) is 39.0 Å². The molecule has 1 fully saturated rings. The summed E-state index contributed by atoms with van der Waals surface area (Å²) in [4.78, 5) is 0. The molecule has 22 heavy (non-hydrogen) atoms. The molecule has 0 radical (unpaired) electrons. The fourth-order valence-electron chi connectivity index (χ4n) is 2.21. The number of aryl methyl sites for hydroxylation is 1.